The zero-order chi connectivity index (χ0) is 16.2. The first-order chi connectivity index (χ1) is 9.77. The number of amides is 2. The second-order valence-electron chi connectivity index (χ2n) is 5.22. The largest absolute Gasteiger partial charge is 0.508 e. The maximum atomic E-state index is 12.3. The van der Waals surface area contributed by atoms with Gasteiger partial charge in [0.05, 0.1) is 5.69 Å². The second-order valence-corrected chi connectivity index (χ2v) is 5.22. The van der Waals surface area contributed by atoms with Crippen LogP contribution in [-0.2, 0) is 4.79 Å². The molecule has 1 aromatic carbocycles. The molecular formula is C15H22N2O4. The van der Waals surface area contributed by atoms with Crippen molar-refractivity contribution in [3.8, 4) is 5.75 Å². The predicted octanol–water partition coefficient (Wildman–Crippen LogP) is 2.35. The van der Waals surface area contributed by atoms with Crippen molar-refractivity contribution in [1.29, 1.82) is 0 Å². The Morgan fingerprint density at radius 2 is 1.95 bits per heavy atom. The van der Waals surface area contributed by atoms with E-state index in [9.17, 15) is 14.7 Å². The van der Waals surface area contributed by atoms with Crippen LogP contribution in [0.25, 0.3) is 0 Å². The van der Waals surface area contributed by atoms with E-state index in [-0.39, 0.29) is 11.7 Å². The first kappa shape index (κ1) is 16.8. The fraction of sp³-hybridized carbons (Fsp3) is 0.467. The van der Waals surface area contributed by atoms with Crippen LogP contribution in [0.5, 0.6) is 5.75 Å². The molecule has 2 amide bonds. The van der Waals surface area contributed by atoms with Gasteiger partial charge in [-0.05, 0) is 31.4 Å². The van der Waals surface area contributed by atoms with Gasteiger partial charge in [0.15, 0.2) is 0 Å². The summed E-state index contributed by atoms with van der Waals surface area (Å²) >= 11 is 0. The van der Waals surface area contributed by atoms with Gasteiger partial charge in [-0.15, -0.1) is 0 Å². The minimum atomic E-state index is -1.07. The van der Waals surface area contributed by atoms with Crippen LogP contribution in [0.4, 0.5) is 10.5 Å². The van der Waals surface area contributed by atoms with Crippen LogP contribution in [0.1, 0.15) is 26.3 Å². The molecule has 6 nitrogen and oxygen atoms in total. The lowest BCUT2D eigenvalue weighted by Crippen LogP contribution is -2.50. The minimum absolute atomic E-state index is 0.0560. The SMILES string of the molecule is CCN(C(=O)NC(C(=O)O)C(C)C)c1cc(O)ccc1C. The van der Waals surface area contributed by atoms with E-state index in [1.54, 1.807) is 32.9 Å². The molecule has 0 spiro atoms. The number of hydrogen-bond donors (Lipinski definition) is 3. The van der Waals surface area contributed by atoms with Crippen LogP contribution in [0.3, 0.4) is 0 Å². The van der Waals surface area contributed by atoms with E-state index in [1.807, 2.05) is 6.92 Å². The maximum Gasteiger partial charge on any atom is 0.326 e. The summed E-state index contributed by atoms with van der Waals surface area (Å²) in [5, 5.41) is 21.2. The third-order valence-corrected chi connectivity index (χ3v) is 3.26. The average Bonchev–Trinajstić information content (AvgIpc) is 2.40. The predicted molar refractivity (Wildman–Crippen MR) is 80.7 cm³/mol. The Labute approximate surface area is 124 Å². The summed E-state index contributed by atoms with van der Waals surface area (Å²) in [7, 11) is 0. The number of anilines is 1. The van der Waals surface area contributed by atoms with Gasteiger partial charge in [0, 0.05) is 12.6 Å². The molecule has 1 unspecified atom stereocenters. The number of carboxylic acid groups (broad SMARTS) is 1. The molecule has 6 heteroatoms. The zero-order valence-corrected chi connectivity index (χ0v) is 12.8. The Morgan fingerprint density at radius 3 is 2.43 bits per heavy atom. The van der Waals surface area contributed by atoms with Crippen LogP contribution in [0, 0.1) is 12.8 Å². The van der Waals surface area contributed by atoms with E-state index in [0.717, 1.165) is 5.56 Å². The number of aryl methyl sites for hydroxylation is 1. The van der Waals surface area contributed by atoms with Crippen molar-refractivity contribution in [3.05, 3.63) is 23.8 Å². The van der Waals surface area contributed by atoms with Crippen molar-refractivity contribution in [3.63, 3.8) is 0 Å². The quantitative estimate of drug-likeness (QED) is 0.777. The van der Waals surface area contributed by atoms with Crippen LogP contribution < -0.4 is 10.2 Å². The van der Waals surface area contributed by atoms with Gasteiger partial charge in [0.2, 0.25) is 0 Å². The molecule has 0 aliphatic heterocycles. The molecular weight excluding hydrogens is 272 g/mol. The smallest absolute Gasteiger partial charge is 0.326 e. The monoisotopic (exact) mass is 294 g/mol. The molecule has 0 saturated carbocycles. The number of urea groups is 1. The van der Waals surface area contributed by atoms with E-state index >= 15 is 0 Å². The number of rotatable bonds is 5. The normalized spacial score (nSPS) is 12.0. The number of benzene rings is 1. The van der Waals surface area contributed by atoms with Crippen molar-refractivity contribution in [2.45, 2.75) is 33.7 Å². The molecule has 0 aromatic heterocycles. The lowest BCUT2D eigenvalue weighted by Gasteiger charge is -2.26. The van der Waals surface area contributed by atoms with Gasteiger partial charge in [-0.25, -0.2) is 9.59 Å². The van der Waals surface area contributed by atoms with Gasteiger partial charge in [-0.1, -0.05) is 19.9 Å². The van der Waals surface area contributed by atoms with E-state index in [0.29, 0.717) is 12.2 Å². The number of nitrogens with zero attached hydrogens (tertiary/aromatic N) is 1. The van der Waals surface area contributed by atoms with E-state index in [2.05, 4.69) is 5.32 Å². The van der Waals surface area contributed by atoms with Crippen molar-refractivity contribution in [1.82, 2.24) is 5.32 Å². The Bertz CT molecular complexity index is 528. The Balaban J connectivity index is 3.01. The fourth-order valence-electron chi connectivity index (χ4n) is 2.04. The van der Waals surface area contributed by atoms with Gasteiger partial charge in [0.25, 0.3) is 0 Å². The van der Waals surface area contributed by atoms with Crippen LogP contribution in [-0.4, -0.2) is 34.8 Å². The van der Waals surface area contributed by atoms with Crippen molar-refractivity contribution >= 4 is 17.7 Å². The van der Waals surface area contributed by atoms with E-state index in [1.165, 1.54) is 11.0 Å². The number of hydrogen-bond acceptors (Lipinski definition) is 3. The molecule has 116 valence electrons. The second kappa shape index (κ2) is 6.97. The highest BCUT2D eigenvalue weighted by Gasteiger charge is 2.26. The number of aliphatic carboxylic acids is 1. The summed E-state index contributed by atoms with van der Waals surface area (Å²) in [6.07, 6.45) is 0. The highest BCUT2D eigenvalue weighted by molar-refractivity contribution is 5.95. The Hall–Kier alpha value is -2.24. The zero-order valence-electron chi connectivity index (χ0n) is 12.8. The van der Waals surface area contributed by atoms with Crippen LogP contribution in [0.15, 0.2) is 18.2 Å². The Morgan fingerprint density at radius 1 is 1.33 bits per heavy atom. The van der Waals surface area contributed by atoms with Gasteiger partial charge >= 0.3 is 12.0 Å². The molecule has 0 bridgehead atoms. The number of aromatic hydroxyl groups is 1. The summed E-state index contributed by atoms with van der Waals surface area (Å²) in [5.41, 5.74) is 1.38. The summed E-state index contributed by atoms with van der Waals surface area (Å²) in [4.78, 5) is 24.9. The molecule has 0 aliphatic rings. The third kappa shape index (κ3) is 4.11. The molecule has 1 rings (SSSR count). The number of phenols is 1. The van der Waals surface area contributed by atoms with Crippen molar-refractivity contribution < 1.29 is 19.8 Å². The van der Waals surface area contributed by atoms with Gasteiger partial charge in [-0.2, -0.15) is 0 Å². The standard InChI is InChI=1S/C15H22N2O4/c1-5-17(12-8-11(18)7-6-10(12)4)15(21)16-13(9(2)3)14(19)20/h6-9,13,18H,5H2,1-4H3,(H,16,21)(H,19,20). The summed E-state index contributed by atoms with van der Waals surface area (Å²) in [6.45, 7) is 7.43. The highest BCUT2D eigenvalue weighted by Crippen LogP contribution is 2.25. The van der Waals surface area contributed by atoms with Crippen molar-refractivity contribution in [2.24, 2.45) is 5.92 Å². The summed E-state index contributed by atoms with van der Waals surface area (Å²) < 4.78 is 0. The lowest BCUT2D eigenvalue weighted by atomic mass is 10.1. The number of carboxylic acids is 1. The number of carbonyl (C=O) groups excluding carboxylic acids is 1. The third-order valence-electron chi connectivity index (χ3n) is 3.26. The molecule has 0 heterocycles. The van der Waals surface area contributed by atoms with Crippen molar-refractivity contribution in [2.75, 3.05) is 11.4 Å². The summed E-state index contributed by atoms with van der Waals surface area (Å²) in [6, 6.07) is 3.29. The number of nitrogens with one attached hydrogen (secondary N) is 1. The molecule has 0 fully saturated rings. The maximum absolute atomic E-state index is 12.3. The highest BCUT2D eigenvalue weighted by atomic mass is 16.4. The van der Waals surface area contributed by atoms with Gasteiger partial charge < -0.3 is 15.5 Å². The average molecular weight is 294 g/mol. The molecule has 21 heavy (non-hydrogen) atoms. The van der Waals surface area contributed by atoms with E-state index in [4.69, 9.17) is 5.11 Å². The molecule has 0 radical (unpaired) electrons. The molecule has 0 aliphatic carbocycles. The first-order valence-electron chi connectivity index (χ1n) is 6.88. The van der Waals surface area contributed by atoms with Gasteiger partial charge in [0.1, 0.15) is 11.8 Å². The lowest BCUT2D eigenvalue weighted by molar-refractivity contribution is -0.140. The van der Waals surface area contributed by atoms with Gasteiger partial charge in [-0.3, -0.25) is 4.90 Å². The van der Waals surface area contributed by atoms with Crippen LogP contribution in [0.2, 0.25) is 0 Å². The summed E-state index contributed by atoms with van der Waals surface area (Å²) in [5.74, 6) is -1.24. The molecule has 0 saturated heterocycles. The first-order valence-corrected chi connectivity index (χ1v) is 6.88. The number of phenolic OH excluding ortho intramolecular Hbond substituents is 1. The minimum Gasteiger partial charge on any atom is -0.508 e. The number of carbonyl (C=O) groups is 2. The topological polar surface area (TPSA) is 89.9 Å². The van der Waals surface area contributed by atoms with E-state index < -0.39 is 18.0 Å². The molecule has 3 N–H and O–H groups in total. The Kier molecular flexibility index (Phi) is 5.58. The molecule has 1 atom stereocenters. The van der Waals surface area contributed by atoms with Crippen LogP contribution >= 0.6 is 0 Å². The molecule has 1 aromatic rings. The fourth-order valence-corrected chi connectivity index (χ4v) is 2.04.